The summed E-state index contributed by atoms with van der Waals surface area (Å²) in [7, 11) is 0. The first-order valence-electron chi connectivity index (χ1n) is 10.1. The van der Waals surface area contributed by atoms with Crippen LogP contribution in [0.1, 0.15) is 40.6 Å². The van der Waals surface area contributed by atoms with Gasteiger partial charge in [-0.3, -0.25) is 4.79 Å². The summed E-state index contributed by atoms with van der Waals surface area (Å²) in [5, 5.41) is 21.2. The van der Waals surface area contributed by atoms with Gasteiger partial charge in [-0.1, -0.05) is 37.3 Å². The second kappa shape index (κ2) is 9.70. The summed E-state index contributed by atoms with van der Waals surface area (Å²) in [4.78, 5) is 13.5. The van der Waals surface area contributed by atoms with E-state index in [4.69, 9.17) is 9.15 Å². The Balaban J connectivity index is 1.76. The number of halogens is 2. The number of carbonyl (C=O) groups is 1. The van der Waals surface area contributed by atoms with Gasteiger partial charge in [-0.25, -0.2) is 0 Å². The molecule has 7 heteroatoms. The SMILES string of the molecule is CCCc1oc2cc(OCc3ccccc3)c(O)cc2c1C(=O)c1cc(I)c(O)c(I)c1. The van der Waals surface area contributed by atoms with E-state index in [0.717, 1.165) is 12.0 Å². The third kappa shape index (κ3) is 4.59. The molecule has 0 bridgehead atoms. The van der Waals surface area contributed by atoms with E-state index < -0.39 is 0 Å². The van der Waals surface area contributed by atoms with Gasteiger partial charge in [0, 0.05) is 23.4 Å². The first-order valence-corrected chi connectivity index (χ1v) is 12.2. The molecule has 2 N–H and O–H groups in total. The highest BCUT2D eigenvalue weighted by atomic mass is 127. The second-order valence-electron chi connectivity index (χ2n) is 7.36. The van der Waals surface area contributed by atoms with Crippen molar-refractivity contribution >= 4 is 61.9 Å². The lowest BCUT2D eigenvalue weighted by Crippen LogP contribution is -2.05. The number of fused-ring (bicyclic) bond motifs is 1. The first kappa shape index (κ1) is 22.9. The van der Waals surface area contributed by atoms with E-state index in [9.17, 15) is 15.0 Å². The number of ketones is 1. The number of phenols is 2. The van der Waals surface area contributed by atoms with Crippen LogP contribution in [-0.4, -0.2) is 16.0 Å². The summed E-state index contributed by atoms with van der Waals surface area (Å²) in [5.41, 5.74) is 2.36. The minimum atomic E-state index is -0.208. The fraction of sp³-hybridized carbons (Fsp3) is 0.160. The average Bonchev–Trinajstić information content (AvgIpc) is 3.12. The van der Waals surface area contributed by atoms with Crippen molar-refractivity contribution in [1.82, 2.24) is 0 Å². The Hall–Kier alpha value is -2.27. The normalized spacial score (nSPS) is 11.1. The van der Waals surface area contributed by atoms with Crippen LogP contribution < -0.4 is 4.74 Å². The number of hydrogen-bond acceptors (Lipinski definition) is 5. The zero-order chi connectivity index (χ0) is 22.8. The van der Waals surface area contributed by atoms with Gasteiger partial charge < -0.3 is 19.4 Å². The molecule has 0 aliphatic carbocycles. The van der Waals surface area contributed by atoms with Crippen molar-refractivity contribution in [2.75, 3.05) is 0 Å². The van der Waals surface area contributed by atoms with Gasteiger partial charge in [0.15, 0.2) is 17.3 Å². The van der Waals surface area contributed by atoms with Crippen molar-refractivity contribution in [2.24, 2.45) is 0 Å². The molecular weight excluding hydrogens is 634 g/mol. The third-order valence-electron chi connectivity index (χ3n) is 5.06. The maximum atomic E-state index is 13.5. The summed E-state index contributed by atoms with van der Waals surface area (Å²) < 4.78 is 13.1. The molecule has 0 saturated heterocycles. The maximum Gasteiger partial charge on any atom is 0.197 e. The Labute approximate surface area is 212 Å². The van der Waals surface area contributed by atoms with E-state index >= 15 is 0 Å². The van der Waals surface area contributed by atoms with Crippen molar-refractivity contribution in [3.05, 3.63) is 84.2 Å². The highest BCUT2D eigenvalue weighted by Crippen LogP contribution is 2.38. The number of rotatable bonds is 7. The average molecular weight is 654 g/mol. The number of aryl methyl sites for hydroxylation is 1. The molecule has 1 heterocycles. The van der Waals surface area contributed by atoms with E-state index in [0.29, 0.717) is 53.8 Å². The lowest BCUT2D eigenvalue weighted by molar-refractivity contribution is 0.103. The maximum absolute atomic E-state index is 13.5. The molecule has 5 nitrogen and oxygen atoms in total. The monoisotopic (exact) mass is 654 g/mol. The molecule has 1 aromatic heterocycles. The molecule has 3 aromatic carbocycles. The van der Waals surface area contributed by atoms with Gasteiger partial charge in [0.05, 0.1) is 12.7 Å². The first-order chi connectivity index (χ1) is 15.4. The molecule has 0 saturated carbocycles. The van der Waals surface area contributed by atoms with E-state index in [1.165, 1.54) is 6.07 Å². The Morgan fingerprint density at radius 2 is 1.72 bits per heavy atom. The third-order valence-corrected chi connectivity index (χ3v) is 6.71. The molecule has 32 heavy (non-hydrogen) atoms. The van der Waals surface area contributed by atoms with Crippen molar-refractivity contribution in [2.45, 2.75) is 26.4 Å². The minimum Gasteiger partial charge on any atom is -0.506 e. The highest BCUT2D eigenvalue weighted by molar-refractivity contribution is 14.1. The van der Waals surface area contributed by atoms with E-state index in [2.05, 4.69) is 0 Å². The highest BCUT2D eigenvalue weighted by Gasteiger charge is 2.24. The van der Waals surface area contributed by atoms with Gasteiger partial charge in [-0.15, -0.1) is 0 Å². The van der Waals surface area contributed by atoms with Gasteiger partial charge in [0.1, 0.15) is 23.7 Å². The van der Waals surface area contributed by atoms with Crippen LogP contribution in [0.5, 0.6) is 17.2 Å². The van der Waals surface area contributed by atoms with Crippen molar-refractivity contribution in [3.8, 4) is 17.2 Å². The van der Waals surface area contributed by atoms with E-state index in [1.54, 1.807) is 18.2 Å². The Morgan fingerprint density at radius 1 is 1.03 bits per heavy atom. The number of phenolic OH excluding ortho intramolecular Hbond substituents is 2. The van der Waals surface area contributed by atoms with Gasteiger partial charge in [0.25, 0.3) is 0 Å². The number of ether oxygens (including phenoxy) is 1. The quantitative estimate of drug-likeness (QED) is 0.169. The Morgan fingerprint density at radius 3 is 2.38 bits per heavy atom. The number of furan rings is 1. The zero-order valence-electron chi connectivity index (χ0n) is 17.2. The van der Waals surface area contributed by atoms with Crippen molar-refractivity contribution in [3.63, 3.8) is 0 Å². The predicted molar refractivity (Wildman–Crippen MR) is 140 cm³/mol. The van der Waals surface area contributed by atoms with Crippen LogP contribution in [-0.2, 0) is 13.0 Å². The molecule has 164 valence electrons. The van der Waals surface area contributed by atoms with Crippen LogP contribution in [0.15, 0.2) is 59.0 Å². The van der Waals surface area contributed by atoms with Crippen molar-refractivity contribution in [1.29, 1.82) is 0 Å². The summed E-state index contributed by atoms with van der Waals surface area (Å²) in [5.74, 6) is 0.768. The molecule has 0 fully saturated rings. The number of benzene rings is 3. The predicted octanol–water partition coefficient (Wildman–Crippen LogP) is 6.82. The van der Waals surface area contributed by atoms with Crippen LogP contribution >= 0.6 is 45.2 Å². The number of hydrogen-bond donors (Lipinski definition) is 2. The molecule has 0 spiro atoms. The topological polar surface area (TPSA) is 79.9 Å². The lowest BCUT2D eigenvalue weighted by atomic mass is 9.98. The molecular formula is C25H20I2O5. The smallest absolute Gasteiger partial charge is 0.197 e. The summed E-state index contributed by atoms with van der Waals surface area (Å²) in [6, 6.07) is 16.1. The zero-order valence-corrected chi connectivity index (χ0v) is 21.5. The molecule has 0 unspecified atom stereocenters. The molecule has 0 aliphatic heterocycles. The van der Waals surface area contributed by atoms with E-state index in [-0.39, 0.29) is 17.3 Å². The molecule has 0 aliphatic rings. The van der Waals surface area contributed by atoms with E-state index in [1.807, 2.05) is 82.4 Å². The fourth-order valence-electron chi connectivity index (χ4n) is 3.51. The van der Waals surface area contributed by atoms with Gasteiger partial charge >= 0.3 is 0 Å². The van der Waals surface area contributed by atoms with Gasteiger partial charge in [-0.2, -0.15) is 0 Å². The molecule has 0 radical (unpaired) electrons. The standard InChI is InChI=1S/C25H20I2O5/c1-2-6-20-23(24(29)15-9-17(26)25(30)18(27)10-15)16-11-19(28)22(12-21(16)32-20)31-13-14-7-4-3-5-8-14/h3-5,7-12,28,30H,2,6,13H2,1H3. The fourth-order valence-corrected chi connectivity index (χ4v) is 5.28. The van der Waals surface area contributed by atoms with Crippen LogP contribution in [0.2, 0.25) is 0 Å². The van der Waals surface area contributed by atoms with Gasteiger partial charge in [-0.05, 0) is 75.4 Å². The van der Waals surface area contributed by atoms with Crippen LogP contribution in [0.3, 0.4) is 0 Å². The van der Waals surface area contributed by atoms with Gasteiger partial charge in [0.2, 0.25) is 0 Å². The van der Waals surface area contributed by atoms with Crippen LogP contribution in [0.4, 0.5) is 0 Å². The molecule has 4 aromatic rings. The molecule has 4 rings (SSSR count). The largest absolute Gasteiger partial charge is 0.506 e. The van der Waals surface area contributed by atoms with Crippen LogP contribution in [0, 0.1) is 7.14 Å². The summed E-state index contributed by atoms with van der Waals surface area (Å²) in [6.45, 7) is 2.32. The number of aromatic hydroxyl groups is 2. The van der Waals surface area contributed by atoms with Crippen molar-refractivity contribution < 1.29 is 24.2 Å². The minimum absolute atomic E-state index is 0.0544. The second-order valence-corrected chi connectivity index (χ2v) is 9.68. The molecule has 0 amide bonds. The Bertz CT molecular complexity index is 1270. The lowest BCUT2D eigenvalue weighted by Gasteiger charge is -2.09. The number of carbonyl (C=O) groups excluding carboxylic acids is 1. The summed E-state index contributed by atoms with van der Waals surface area (Å²) in [6.07, 6.45) is 1.39. The Kier molecular flexibility index (Phi) is 6.94. The molecule has 0 atom stereocenters. The summed E-state index contributed by atoms with van der Waals surface area (Å²) >= 11 is 4.01. The van der Waals surface area contributed by atoms with Crippen LogP contribution in [0.25, 0.3) is 11.0 Å².